The maximum Gasteiger partial charge on any atom is 0.297 e. The van der Waals surface area contributed by atoms with Crippen LogP contribution < -0.4 is 0 Å². The molecule has 1 aromatic rings. The third-order valence-corrected chi connectivity index (χ3v) is 5.47. The van der Waals surface area contributed by atoms with Crippen molar-refractivity contribution in [3.63, 3.8) is 0 Å². The Labute approximate surface area is 125 Å². The lowest BCUT2D eigenvalue weighted by molar-refractivity contribution is -0.136. The molecule has 4 nitrogen and oxygen atoms in total. The van der Waals surface area contributed by atoms with Gasteiger partial charge in [-0.25, -0.2) is 0 Å². The molecule has 2 unspecified atom stereocenters. The topological polar surface area (TPSA) is 52.6 Å². The van der Waals surface area contributed by atoms with Gasteiger partial charge in [-0.05, 0) is 32.9 Å². The van der Waals surface area contributed by atoms with Gasteiger partial charge in [0, 0.05) is 12.8 Å². The first-order valence-electron chi connectivity index (χ1n) is 7.10. The van der Waals surface area contributed by atoms with E-state index in [1.807, 2.05) is 32.9 Å². The van der Waals surface area contributed by atoms with E-state index in [0.29, 0.717) is 12.8 Å². The maximum absolute atomic E-state index is 12.4. The smallest absolute Gasteiger partial charge is 0.297 e. The highest BCUT2D eigenvalue weighted by Gasteiger charge is 2.48. The first-order valence-corrected chi connectivity index (χ1v) is 8.51. The van der Waals surface area contributed by atoms with E-state index in [0.717, 1.165) is 5.56 Å². The number of rotatable bonds is 3. The van der Waals surface area contributed by atoms with Gasteiger partial charge in [-0.15, -0.1) is 0 Å². The summed E-state index contributed by atoms with van der Waals surface area (Å²) in [5.74, 6) is 0. The standard InChI is InChI=1S/C16H20O4S/c1-12-4-6-14(7-5-12)21(17,18)19-13-10-15(2)8-9-16(3,11-13)20-15/h4-9,13H,10-11H2,1-3H3. The maximum atomic E-state index is 12.4. The van der Waals surface area contributed by atoms with Crippen LogP contribution in [0.15, 0.2) is 41.3 Å². The highest BCUT2D eigenvalue weighted by atomic mass is 32.2. The summed E-state index contributed by atoms with van der Waals surface area (Å²) >= 11 is 0. The van der Waals surface area contributed by atoms with Gasteiger partial charge in [0.2, 0.25) is 0 Å². The van der Waals surface area contributed by atoms with Crippen LogP contribution in [0.1, 0.15) is 32.3 Å². The molecule has 0 aromatic heterocycles. The van der Waals surface area contributed by atoms with Crippen molar-refractivity contribution in [2.75, 3.05) is 0 Å². The number of ether oxygens (including phenoxy) is 1. The van der Waals surface area contributed by atoms with Gasteiger partial charge in [0.1, 0.15) is 0 Å². The summed E-state index contributed by atoms with van der Waals surface area (Å²) in [4.78, 5) is 0.204. The Balaban J connectivity index is 1.79. The molecule has 1 fully saturated rings. The minimum Gasteiger partial charge on any atom is -0.361 e. The molecular formula is C16H20O4S. The lowest BCUT2D eigenvalue weighted by atomic mass is 9.91. The van der Waals surface area contributed by atoms with E-state index in [2.05, 4.69) is 0 Å². The summed E-state index contributed by atoms with van der Waals surface area (Å²) in [6.45, 7) is 5.84. The van der Waals surface area contributed by atoms with E-state index in [9.17, 15) is 8.42 Å². The molecule has 0 N–H and O–H groups in total. The lowest BCUT2D eigenvalue weighted by Crippen LogP contribution is -2.45. The molecule has 0 radical (unpaired) electrons. The van der Waals surface area contributed by atoms with Crippen molar-refractivity contribution >= 4 is 10.1 Å². The van der Waals surface area contributed by atoms with Crippen LogP contribution in [0.5, 0.6) is 0 Å². The Morgan fingerprint density at radius 3 is 2.14 bits per heavy atom. The van der Waals surface area contributed by atoms with Crippen molar-refractivity contribution in [2.45, 2.75) is 55.8 Å². The van der Waals surface area contributed by atoms with Crippen molar-refractivity contribution in [3.05, 3.63) is 42.0 Å². The van der Waals surface area contributed by atoms with E-state index >= 15 is 0 Å². The van der Waals surface area contributed by atoms with E-state index in [4.69, 9.17) is 8.92 Å². The van der Waals surface area contributed by atoms with E-state index in [1.54, 1.807) is 24.3 Å². The monoisotopic (exact) mass is 308 g/mol. The number of aryl methyl sites for hydroxylation is 1. The predicted molar refractivity (Wildman–Crippen MR) is 79.5 cm³/mol. The second-order valence-corrected chi connectivity index (χ2v) is 8.03. The first kappa shape index (κ1) is 14.8. The molecular weight excluding hydrogens is 288 g/mol. The molecule has 1 saturated heterocycles. The van der Waals surface area contributed by atoms with Crippen molar-refractivity contribution in [1.29, 1.82) is 0 Å². The zero-order chi connectivity index (χ0) is 15.3. The fourth-order valence-corrected chi connectivity index (χ4v) is 4.23. The molecule has 0 amide bonds. The Bertz CT molecular complexity index is 657. The Morgan fingerprint density at radius 1 is 1.10 bits per heavy atom. The average Bonchev–Trinajstić information content (AvgIpc) is 2.58. The predicted octanol–water partition coefficient (Wildman–Crippen LogP) is 2.97. The quantitative estimate of drug-likeness (QED) is 0.636. The summed E-state index contributed by atoms with van der Waals surface area (Å²) in [6.07, 6.45) is 4.74. The van der Waals surface area contributed by atoms with Gasteiger partial charge in [0.25, 0.3) is 10.1 Å². The van der Waals surface area contributed by atoms with Crippen LogP contribution in [0.2, 0.25) is 0 Å². The normalized spacial score (nSPS) is 35.1. The molecule has 21 heavy (non-hydrogen) atoms. The summed E-state index contributed by atoms with van der Waals surface area (Å²) in [6, 6.07) is 6.71. The zero-order valence-electron chi connectivity index (χ0n) is 12.5. The van der Waals surface area contributed by atoms with Crippen LogP contribution >= 0.6 is 0 Å². The average molecular weight is 308 g/mol. The fourth-order valence-electron chi connectivity index (χ4n) is 3.16. The minimum atomic E-state index is -3.73. The summed E-state index contributed by atoms with van der Waals surface area (Å²) in [5.41, 5.74) is 0.156. The largest absolute Gasteiger partial charge is 0.361 e. The second-order valence-electron chi connectivity index (χ2n) is 6.45. The molecule has 3 rings (SSSR count). The van der Waals surface area contributed by atoms with Gasteiger partial charge >= 0.3 is 0 Å². The van der Waals surface area contributed by atoms with Crippen LogP contribution in [0.4, 0.5) is 0 Å². The molecule has 2 aliphatic heterocycles. The Morgan fingerprint density at radius 2 is 1.62 bits per heavy atom. The fraction of sp³-hybridized carbons (Fsp3) is 0.500. The van der Waals surface area contributed by atoms with Crippen LogP contribution in [-0.2, 0) is 19.0 Å². The van der Waals surface area contributed by atoms with E-state index < -0.39 is 21.3 Å². The highest BCUT2D eigenvalue weighted by Crippen LogP contribution is 2.44. The van der Waals surface area contributed by atoms with E-state index in [-0.39, 0.29) is 11.0 Å². The second kappa shape index (κ2) is 4.66. The number of hydrogen-bond donors (Lipinski definition) is 0. The number of fused-ring (bicyclic) bond motifs is 2. The third-order valence-electron chi connectivity index (χ3n) is 4.09. The molecule has 2 atom stereocenters. The zero-order valence-corrected chi connectivity index (χ0v) is 13.3. The van der Waals surface area contributed by atoms with Crippen LogP contribution in [0, 0.1) is 6.92 Å². The SMILES string of the molecule is Cc1ccc(S(=O)(=O)OC2CC3(C)C=CC(C)(C2)O3)cc1. The molecule has 2 aliphatic rings. The minimum absolute atomic E-state index is 0.204. The molecule has 2 bridgehead atoms. The molecule has 5 heteroatoms. The Hall–Kier alpha value is -1.17. The van der Waals surface area contributed by atoms with Crippen LogP contribution in [0.25, 0.3) is 0 Å². The van der Waals surface area contributed by atoms with Crippen LogP contribution in [-0.4, -0.2) is 25.7 Å². The molecule has 0 spiro atoms. The van der Waals surface area contributed by atoms with Crippen molar-refractivity contribution in [1.82, 2.24) is 0 Å². The van der Waals surface area contributed by atoms with Gasteiger partial charge in [0.05, 0.1) is 22.2 Å². The molecule has 0 saturated carbocycles. The molecule has 2 heterocycles. The van der Waals surface area contributed by atoms with Gasteiger partial charge in [-0.2, -0.15) is 8.42 Å². The van der Waals surface area contributed by atoms with E-state index in [1.165, 1.54) is 0 Å². The lowest BCUT2D eigenvalue weighted by Gasteiger charge is -2.40. The van der Waals surface area contributed by atoms with Gasteiger partial charge in [-0.3, -0.25) is 4.18 Å². The number of hydrogen-bond acceptors (Lipinski definition) is 4. The molecule has 0 aliphatic carbocycles. The highest BCUT2D eigenvalue weighted by molar-refractivity contribution is 7.86. The summed E-state index contributed by atoms with van der Waals surface area (Å²) in [7, 11) is -3.73. The van der Waals surface area contributed by atoms with Crippen molar-refractivity contribution < 1.29 is 17.3 Å². The van der Waals surface area contributed by atoms with Gasteiger partial charge < -0.3 is 4.74 Å². The molecule has 114 valence electrons. The van der Waals surface area contributed by atoms with Gasteiger partial charge in [0.15, 0.2) is 0 Å². The van der Waals surface area contributed by atoms with Crippen molar-refractivity contribution in [2.24, 2.45) is 0 Å². The van der Waals surface area contributed by atoms with Crippen molar-refractivity contribution in [3.8, 4) is 0 Å². The number of benzene rings is 1. The summed E-state index contributed by atoms with van der Waals surface area (Å²) in [5, 5.41) is 0. The van der Waals surface area contributed by atoms with Gasteiger partial charge in [-0.1, -0.05) is 29.8 Å². The molecule has 1 aromatic carbocycles. The third kappa shape index (κ3) is 2.91. The Kier molecular flexibility index (Phi) is 3.28. The first-order chi connectivity index (χ1) is 9.70. The van der Waals surface area contributed by atoms with Crippen LogP contribution in [0.3, 0.4) is 0 Å². The summed E-state index contributed by atoms with van der Waals surface area (Å²) < 4.78 is 36.2.